The molecule has 3 aromatic rings. The van der Waals surface area contributed by atoms with Gasteiger partial charge in [-0.15, -0.1) is 11.3 Å². The van der Waals surface area contributed by atoms with Crippen molar-refractivity contribution >= 4 is 28.6 Å². The summed E-state index contributed by atoms with van der Waals surface area (Å²) >= 11 is 1.55. The van der Waals surface area contributed by atoms with Crippen molar-refractivity contribution in [2.24, 2.45) is 0 Å². The highest BCUT2D eigenvalue weighted by atomic mass is 32.1. The molecule has 0 fully saturated rings. The Bertz CT molecular complexity index is 940. The van der Waals surface area contributed by atoms with Crippen molar-refractivity contribution in [1.82, 2.24) is 5.32 Å². The smallest absolute Gasteiger partial charge is 0.293 e. The van der Waals surface area contributed by atoms with Gasteiger partial charge in [-0.25, -0.2) is 0 Å². The van der Waals surface area contributed by atoms with Crippen molar-refractivity contribution in [2.75, 3.05) is 19.0 Å². The molecule has 0 saturated carbocycles. The van der Waals surface area contributed by atoms with E-state index in [1.807, 2.05) is 47.8 Å². The van der Waals surface area contributed by atoms with E-state index < -0.39 is 4.92 Å². The lowest BCUT2D eigenvalue weighted by molar-refractivity contribution is -0.384. The molecule has 0 aliphatic rings. The van der Waals surface area contributed by atoms with Crippen LogP contribution in [0.1, 0.15) is 26.8 Å². The number of benzene rings is 2. The Labute approximate surface area is 161 Å². The molecule has 2 aromatic carbocycles. The van der Waals surface area contributed by atoms with Crippen LogP contribution in [0.4, 0.5) is 11.4 Å². The third-order valence-corrected chi connectivity index (χ3v) is 5.09. The number of thiophene rings is 1. The molecule has 1 N–H and O–H groups in total. The van der Waals surface area contributed by atoms with Crippen molar-refractivity contribution in [3.8, 4) is 0 Å². The summed E-state index contributed by atoms with van der Waals surface area (Å²) in [6.07, 6.45) is 0. The normalized spacial score (nSPS) is 11.6. The monoisotopic (exact) mass is 381 g/mol. The quantitative estimate of drug-likeness (QED) is 0.512. The average Bonchev–Trinajstić information content (AvgIpc) is 3.20. The highest BCUT2D eigenvalue weighted by molar-refractivity contribution is 7.10. The van der Waals surface area contributed by atoms with Gasteiger partial charge in [-0.3, -0.25) is 14.9 Å². The van der Waals surface area contributed by atoms with Crippen LogP contribution in [0, 0.1) is 10.1 Å². The van der Waals surface area contributed by atoms with Crippen LogP contribution in [0.5, 0.6) is 0 Å². The summed E-state index contributed by atoms with van der Waals surface area (Å²) in [4.78, 5) is 26.4. The number of nitro benzene ring substituents is 1. The van der Waals surface area contributed by atoms with E-state index in [-0.39, 0.29) is 23.2 Å². The molecule has 0 bridgehead atoms. The predicted octanol–water partition coefficient (Wildman–Crippen LogP) is 4.24. The molecule has 1 unspecified atom stereocenters. The molecule has 138 valence electrons. The third-order valence-electron chi connectivity index (χ3n) is 4.15. The molecule has 1 aromatic heterocycles. The standard InChI is InChI=1S/C20H19N3O3S/c1-22(2)16-11-10-15(13-17(16)23(25)26)20(24)21-19(18-9-6-12-27-18)14-7-4-3-5-8-14/h3-13,19H,1-2H3,(H,21,24). The molecule has 0 radical (unpaired) electrons. The van der Waals surface area contributed by atoms with Gasteiger partial charge in [-0.05, 0) is 29.1 Å². The minimum Gasteiger partial charge on any atom is -0.372 e. The van der Waals surface area contributed by atoms with Gasteiger partial charge in [0.05, 0.1) is 11.0 Å². The number of carbonyl (C=O) groups is 1. The van der Waals surface area contributed by atoms with Crippen LogP contribution in [-0.4, -0.2) is 24.9 Å². The molecule has 1 amide bonds. The summed E-state index contributed by atoms with van der Waals surface area (Å²) in [5.41, 5.74) is 1.56. The number of rotatable bonds is 6. The van der Waals surface area contributed by atoms with E-state index in [1.54, 1.807) is 42.5 Å². The van der Waals surface area contributed by atoms with E-state index in [4.69, 9.17) is 0 Å². The maximum atomic E-state index is 12.8. The van der Waals surface area contributed by atoms with Crippen molar-refractivity contribution in [2.45, 2.75) is 6.04 Å². The van der Waals surface area contributed by atoms with Crippen LogP contribution in [0.3, 0.4) is 0 Å². The second-order valence-corrected chi connectivity index (χ2v) is 7.17. The Morgan fingerprint density at radius 2 is 1.85 bits per heavy atom. The summed E-state index contributed by atoms with van der Waals surface area (Å²) in [7, 11) is 3.45. The fraction of sp³-hybridized carbons (Fsp3) is 0.150. The molecule has 0 aliphatic carbocycles. The zero-order chi connectivity index (χ0) is 19.4. The molecule has 0 spiro atoms. The number of carbonyl (C=O) groups excluding carboxylic acids is 1. The molecule has 1 heterocycles. The fourth-order valence-corrected chi connectivity index (χ4v) is 3.63. The minimum absolute atomic E-state index is 0.0972. The number of hydrogen-bond acceptors (Lipinski definition) is 5. The largest absolute Gasteiger partial charge is 0.372 e. The Morgan fingerprint density at radius 3 is 2.44 bits per heavy atom. The first-order valence-electron chi connectivity index (χ1n) is 8.32. The van der Waals surface area contributed by atoms with Crippen molar-refractivity contribution in [3.05, 3.63) is 92.2 Å². The molecule has 6 nitrogen and oxygen atoms in total. The summed E-state index contributed by atoms with van der Waals surface area (Å²) < 4.78 is 0. The van der Waals surface area contributed by atoms with E-state index in [1.165, 1.54) is 6.07 Å². The van der Waals surface area contributed by atoms with E-state index in [9.17, 15) is 14.9 Å². The van der Waals surface area contributed by atoms with Gasteiger partial charge in [0.15, 0.2) is 0 Å². The number of nitrogens with one attached hydrogen (secondary N) is 1. The molecule has 0 aliphatic heterocycles. The summed E-state index contributed by atoms with van der Waals surface area (Å²) in [6.45, 7) is 0. The van der Waals surface area contributed by atoms with E-state index in [0.29, 0.717) is 5.69 Å². The van der Waals surface area contributed by atoms with Crippen LogP contribution in [0.15, 0.2) is 66.0 Å². The van der Waals surface area contributed by atoms with Crippen LogP contribution in [-0.2, 0) is 0 Å². The van der Waals surface area contributed by atoms with E-state index in [2.05, 4.69) is 5.32 Å². The molecular weight excluding hydrogens is 362 g/mol. The summed E-state index contributed by atoms with van der Waals surface area (Å²) in [6, 6.07) is 17.7. The van der Waals surface area contributed by atoms with Crippen LogP contribution in [0.25, 0.3) is 0 Å². The average molecular weight is 381 g/mol. The van der Waals surface area contributed by atoms with Crippen LogP contribution >= 0.6 is 11.3 Å². The molecule has 7 heteroatoms. The van der Waals surface area contributed by atoms with Gasteiger partial charge in [0, 0.05) is 30.6 Å². The molecule has 0 saturated heterocycles. The first kappa shape index (κ1) is 18.6. The van der Waals surface area contributed by atoms with Crippen LogP contribution in [0.2, 0.25) is 0 Å². The maximum absolute atomic E-state index is 12.8. The second-order valence-electron chi connectivity index (χ2n) is 6.19. The fourth-order valence-electron chi connectivity index (χ4n) is 2.82. The van der Waals surface area contributed by atoms with Gasteiger partial charge in [-0.1, -0.05) is 36.4 Å². The van der Waals surface area contributed by atoms with E-state index >= 15 is 0 Å². The first-order valence-corrected chi connectivity index (χ1v) is 9.20. The predicted molar refractivity (Wildman–Crippen MR) is 107 cm³/mol. The summed E-state index contributed by atoms with van der Waals surface area (Å²) in [5, 5.41) is 16.3. The summed E-state index contributed by atoms with van der Waals surface area (Å²) in [5.74, 6) is -0.356. The van der Waals surface area contributed by atoms with Gasteiger partial charge in [0.2, 0.25) is 0 Å². The Hall–Kier alpha value is -3.19. The molecule has 3 rings (SSSR count). The van der Waals surface area contributed by atoms with Crippen molar-refractivity contribution < 1.29 is 9.72 Å². The van der Waals surface area contributed by atoms with Crippen LogP contribution < -0.4 is 10.2 Å². The highest BCUT2D eigenvalue weighted by Crippen LogP contribution is 2.29. The maximum Gasteiger partial charge on any atom is 0.293 e. The van der Waals surface area contributed by atoms with Gasteiger partial charge in [-0.2, -0.15) is 0 Å². The third kappa shape index (κ3) is 4.15. The molecular formula is C20H19N3O3S. The molecule has 1 atom stereocenters. The lowest BCUT2D eigenvalue weighted by Gasteiger charge is -2.19. The Balaban J connectivity index is 1.93. The Kier molecular flexibility index (Phi) is 5.52. The SMILES string of the molecule is CN(C)c1ccc(C(=O)NC(c2ccccc2)c2cccs2)cc1[N+](=O)[O-]. The zero-order valence-corrected chi connectivity index (χ0v) is 15.8. The van der Waals surface area contributed by atoms with E-state index in [0.717, 1.165) is 10.4 Å². The van der Waals surface area contributed by atoms with Gasteiger partial charge >= 0.3 is 0 Å². The molecule has 27 heavy (non-hydrogen) atoms. The Morgan fingerprint density at radius 1 is 1.11 bits per heavy atom. The zero-order valence-electron chi connectivity index (χ0n) is 15.0. The number of anilines is 1. The number of amides is 1. The highest BCUT2D eigenvalue weighted by Gasteiger charge is 2.22. The van der Waals surface area contributed by atoms with Gasteiger partial charge in [0.1, 0.15) is 5.69 Å². The lowest BCUT2D eigenvalue weighted by Crippen LogP contribution is -2.29. The van der Waals surface area contributed by atoms with Gasteiger partial charge < -0.3 is 10.2 Å². The lowest BCUT2D eigenvalue weighted by atomic mass is 10.0. The van der Waals surface area contributed by atoms with Gasteiger partial charge in [0.25, 0.3) is 11.6 Å². The topological polar surface area (TPSA) is 75.5 Å². The number of nitrogens with zero attached hydrogens (tertiary/aromatic N) is 2. The van der Waals surface area contributed by atoms with Crippen molar-refractivity contribution in [3.63, 3.8) is 0 Å². The first-order chi connectivity index (χ1) is 13.0. The second kappa shape index (κ2) is 8.01. The number of hydrogen-bond donors (Lipinski definition) is 1. The number of nitro groups is 1. The minimum atomic E-state index is -0.472. The van der Waals surface area contributed by atoms with Crippen molar-refractivity contribution in [1.29, 1.82) is 0 Å².